The van der Waals surface area contributed by atoms with Crippen molar-refractivity contribution in [3.63, 3.8) is 0 Å². The van der Waals surface area contributed by atoms with E-state index in [1.807, 2.05) is 0 Å². The second-order valence-electron chi connectivity index (χ2n) is 7.95. The third-order valence-electron chi connectivity index (χ3n) is 4.40. The summed E-state index contributed by atoms with van der Waals surface area (Å²) in [7, 11) is 1.43. The highest BCUT2D eigenvalue weighted by molar-refractivity contribution is 5.95. The van der Waals surface area contributed by atoms with Crippen molar-refractivity contribution in [2.45, 2.75) is 44.8 Å². The third-order valence-corrected chi connectivity index (χ3v) is 4.40. The van der Waals surface area contributed by atoms with Gasteiger partial charge in [-0.15, -0.1) is 6.42 Å². The van der Waals surface area contributed by atoms with Gasteiger partial charge in [-0.3, -0.25) is 4.79 Å². The number of nitrogens with one attached hydrogen (secondary N) is 2. The largest absolute Gasteiger partial charge is 0.495 e. The van der Waals surface area contributed by atoms with Crippen LogP contribution in [0.25, 0.3) is 0 Å². The SMILES string of the molecule is C#CCNc1ccc(C(=O)NC2CCN(C(=O)OC(C)(C)C)CC2(F)F)cc1OC. The molecule has 9 heteroatoms. The van der Waals surface area contributed by atoms with Crippen LogP contribution in [0.4, 0.5) is 19.3 Å². The van der Waals surface area contributed by atoms with Gasteiger partial charge < -0.3 is 25.0 Å². The minimum absolute atomic E-state index is 0.0493. The topological polar surface area (TPSA) is 79.9 Å². The first-order chi connectivity index (χ1) is 14.0. The van der Waals surface area contributed by atoms with Gasteiger partial charge in [-0.2, -0.15) is 0 Å². The molecule has 1 aliphatic heterocycles. The van der Waals surface area contributed by atoms with Gasteiger partial charge in [0.1, 0.15) is 11.4 Å². The van der Waals surface area contributed by atoms with Crippen LogP contribution in [-0.4, -0.2) is 61.2 Å². The molecule has 2 rings (SSSR count). The maximum absolute atomic E-state index is 14.6. The number of terminal acetylenes is 1. The van der Waals surface area contributed by atoms with E-state index in [9.17, 15) is 18.4 Å². The van der Waals surface area contributed by atoms with E-state index in [0.29, 0.717) is 11.4 Å². The molecule has 2 N–H and O–H groups in total. The van der Waals surface area contributed by atoms with Crippen molar-refractivity contribution in [2.24, 2.45) is 0 Å². The number of anilines is 1. The predicted molar refractivity (Wildman–Crippen MR) is 109 cm³/mol. The number of amides is 2. The van der Waals surface area contributed by atoms with Crippen molar-refractivity contribution in [2.75, 3.05) is 32.1 Å². The van der Waals surface area contributed by atoms with E-state index in [2.05, 4.69) is 16.6 Å². The smallest absolute Gasteiger partial charge is 0.410 e. The number of methoxy groups -OCH3 is 1. The Morgan fingerprint density at radius 3 is 2.63 bits per heavy atom. The number of carbonyl (C=O) groups is 2. The number of nitrogens with zero attached hydrogens (tertiary/aromatic N) is 1. The fraction of sp³-hybridized carbons (Fsp3) is 0.524. The van der Waals surface area contributed by atoms with Crippen LogP contribution in [0, 0.1) is 12.3 Å². The standard InChI is InChI=1S/C21H27F2N3O4/c1-6-10-24-15-8-7-14(12-16(15)29-5)18(27)25-17-9-11-26(13-21(17,22)23)19(28)30-20(2,3)4/h1,7-8,12,17,24H,9-11,13H2,2-5H3,(H,25,27). The van der Waals surface area contributed by atoms with E-state index in [1.165, 1.54) is 19.2 Å². The highest BCUT2D eigenvalue weighted by Crippen LogP contribution is 2.30. The van der Waals surface area contributed by atoms with Crippen molar-refractivity contribution >= 4 is 17.7 Å². The number of hydrogen-bond donors (Lipinski definition) is 2. The number of carbonyl (C=O) groups excluding carboxylic acids is 2. The Hall–Kier alpha value is -3.02. The number of halogens is 2. The number of benzene rings is 1. The number of likely N-dealkylation sites (tertiary alicyclic amines) is 1. The fourth-order valence-corrected chi connectivity index (χ4v) is 2.97. The minimum Gasteiger partial charge on any atom is -0.495 e. The Labute approximate surface area is 175 Å². The van der Waals surface area contributed by atoms with Crippen LogP contribution in [0.5, 0.6) is 5.75 Å². The Balaban J connectivity index is 2.05. The van der Waals surface area contributed by atoms with Crippen LogP contribution >= 0.6 is 0 Å². The summed E-state index contributed by atoms with van der Waals surface area (Å²) in [6.45, 7) is 4.48. The van der Waals surface area contributed by atoms with E-state index in [1.54, 1.807) is 26.8 Å². The summed E-state index contributed by atoms with van der Waals surface area (Å²) in [6, 6.07) is 3.12. The number of piperidine rings is 1. The molecule has 7 nitrogen and oxygen atoms in total. The summed E-state index contributed by atoms with van der Waals surface area (Å²) < 4.78 is 39.6. The van der Waals surface area contributed by atoms with E-state index >= 15 is 0 Å². The van der Waals surface area contributed by atoms with E-state index in [4.69, 9.17) is 15.9 Å². The molecule has 0 aliphatic carbocycles. The lowest BCUT2D eigenvalue weighted by atomic mass is 10.0. The molecule has 0 radical (unpaired) electrons. The van der Waals surface area contributed by atoms with Crippen LogP contribution in [0.3, 0.4) is 0 Å². The van der Waals surface area contributed by atoms with Crippen molar-refractivity contribution in [1.29, 1.82) is 0 Å². The zero-order valence-electron chi connectivity index (χ0n) is 17.6. The van der Waals surface area contributed by atoms with Gasteiger partial charge in [0.25, 0.3) is 11.8 Å². The van der Waals surface area contributed by atoms with Crippen LogP contribution in [0.2, 0.25) is 0 Å². The predicted octanol–water partition coefficient (Wildman–Crippen LogP) is 3.11. The molecule has 1 saturated heterocycles. The Morgan fingerprint density at radius 1 is 1.37 bits per heavy atom. The van der Waals surface area contributed by atoms with Gasteiger partial charge in [0.15, 0.2) is 0 Å². The summed E-state index contributed by atoms with van der Waals surface area (Å²) in [4.78, 5) is 25.6. The molecule has 1 aliphatic rings. The molecule has 1 aromatic carbocycles. The summed E-state index contributed by atoms with van der Waals surface area (Å²) in [6.07, 6.45) is 4.31. The summed E-state index contributed by atoms with van der Waals surface area (Å²) >= 11 is 0. The molecule has 0 aromatic heterocycles. The van der Waals surface area contributed by atoms with Gasteiger partial charge in [0, 0.05) is 12.1 Å². The molecule has 1 fully saturated rings. The molecular formula is C21H27F2N3O4. The first-order valence-corrected chi connectivity index (χ1v) is 9.49. The zero-order chi connectivity index (χ0) is 22.5. The van der Waals surface area contributed by atoms with Crippen molar-refractivity contribution in [3.05, 3.63) is 23.8 Å². The average Bonchev–Trinajstić information content (AvgIpc) is 2.66. The van der Waals surface area contributed by atoms with Crippen molar-refractivity contribution < 1.29 is 27.8 Å². The van der Waals surface area contributed by atoms with E-state index in [-0.39, 0.29) is 25.1 Å². The van der Waals surface area contributed by atoms with Crippen LogP contribution in [-0.2, 0) is 4.74 Å². The number of rotatable bonds is 5. The third kappa shape index (κ3) is 5.99. The zero-order valence-corrected chi connectivity index (χ0v) is 17.6. The quantitative estimate of drug-likeness (QED) is 0.712. The molecule has 164 valence electrons. The lowest BCUT2D eigenvalue weighted by Crippen LogP contribution is -2.59. The molecule has 1 heterocycles. The average molecular weight is 423 g/mol. The van der Waals surface area contributed by atoms with Gasteiger partial charge in [-0.25, -0.2) is 13.6 Å². The molecular weight excluding hydrogens is 396 g/mol. The first kappa shape index (κ1) is 23.3. The molecule has 1 unspecified atom stereocenters. The maximum atomic E-state index is 14.6. The van der Waals surface area contributed by atoms with Gasteiger partial charge in [0.2, 0.25) is 0 Å². The van der Waals surface area contributed by atoms with Crippen molar-refractivity contribution in [1.82, 2.24) is 10.2 Å². The number of ether oxygens (including phenoxy) is 2. The molecule has 0 spiro atoms. The second-order valence-corrected chi connectivity index (χ2v) is 7.95. The van der Waals surface area contributed by atoms with Crippen LogP contribution in [0.1, 0.15) is 37.6 Å². The second kappa shape index (κ2) is 9.20. The number of hydrogen-bond acceptors (Lipinski definition) is 5. The summed E-state index contributed by atoms with van der Waals surface area (Å²) in [5.41, 5.74) is -0.0240. The molecule has 30 heavy (non-hydrogen) atoms. The van der Waals surface area contributed by atoms with Gasteiger partial charge in [-0.05, 0) is 45.4 Å². The van der Waals surface area contributed by atoms with Crippen LogP contribution < -0.4 is 15.4 Å². The van der Waals surface area contributed by atoms with Gasteiger partial charge >= 0.3 is 6.09 Å². The number of alkyl halides is 2. The molecule has 0 saturated carbocycles. The highest BCUT2D eigenvalue weighted by atomic mass is 19.3. The van der Waals surface area contributed by atoms with E-state index in [0.717, 1.165) is 4.90 Å². The van der Waals surface area contributed by atoms with Crippen LogP contribution in [0.15, 0.2) is 18.2 Å². The van der Waals surface area contributed by atoms with Crippen molar-refractivity contribution in [3.8, 4) is 18.1 Å². The molecule has 0 bridgehead atoms. The summed E-state index contributed by atoms with van der Waals surface area (Å²) in [5.74, 6) is -1.17. The Morgan fingerprint density at radius 2 is 2.07 bits per heavy atom. The van der Waals surface area contributed by atoms with Gasteiger partial charge in [-0.1, -0.05) is 5.92 Å². The highest BCUT2D eigenvalue weighted by Gasteiger charge is 2.47. The molecule has 2 amide bonds. The van der Waals surface area contributed by atoms with Gasteiger partial charge in [0.05, 0.1) is 31.9 Å². The normalized spacial score (nSPS) is 18.2. The Bertz CT molecular complexity index is 831. The first-order valence-electron chi connectivity index (χ1n) is 9.49. The lowest BCUT2D eigenvalue weighted by Gasteiger charge is -2.39. The van der Waals surface area contributed by atoms with E-state index < -0.39 is 36.1 Å². The summed E-state index contributed by atoms with van der Waals surface area (Å²) in [5, 5.41) is 5.31. The minimum atomic E-state index is -3.30. The lowest BCUT2D eigenvalue weighted by molar-refractivity contribution is -0.0889. The molecule has 1 aromatic rings. The maximum Gasteiger partial charge on any atom is 0.410 e. The monoisotopic (exact) mass is 423 g/mol. The fourth-order valence-electron chi connectivity index (χ4n) is 2.97. The molecule has 1 atom stereocenters. The Kier molecular flexibility index (Phi) is 7.13.